The minimum Gasteiger partial charge on any atom is -0.483 e. The predicted molar refractivity (Wildman–Crippen MR) is 166 cm³/mol. The molecular formula is C30H21F4NO13S3. The van der Waals surface area contributed by atoms with Crippen molar-refractivity contribution < 1.29 is 75.5 Å². The Labute approximate surface area is 284 Å². The summed E-state index contributed by atoms with van der Waals surface area (Å²) in [6.07, 6.45) is -0.215. The third-order valence-corrected chi connectivity index (χ3v) is 11.1. The zero-order chi connectivity index (χ0) is 37.4. The molecule has 0 aliphatic carbocycles. The first kappa shape index (κ1) is 36.1. The van der Waals surface area contributed by atoms with Gasteiger partial charge in [-0.2, -0.15) is 34.0 Å². The summed E-state index contributed by atoms with van der Waals surface area (Å²) < 4.78 is 169. The predicted octanol–water partition coefficient (Wildman–Crippen LogP) is 4.10. The average Bonchev–Trinajstić information content (AvgIpc) is 3.05. The normalized spacial score (nSPS) is 14.8. The Morgan fingerprint density at radius 1 is 0.686 bits per heavy atom. The number of hydrogen-bond donors (Lipinski definition) is 3. The van der Waals surface area contributed by atoms with Crippen molar-refractivity contribution in [2.24, 2.45) is 5.92 Å². The SMILES string of the molecule is O=C(Oc1c(F)c(F)cc(F)c1F)C1CCN(C(=O)COc2cc(S(=O)(=O)O)c3ccc4c(S(=O)(=O)O)cc(S(=O)(=O)O)c5ccc2c3c54)CC1. The molecule has 270 valence electrons. The van der Waals surface area contributed by atoms with Crippen molar-refractivity contribution in [3.05, 3.63) is 65.7 Å². The number of carbonyl (C=O) groups excluding carboxylic acids is 2. The highest BCUT2D eigenvalue weighted by Crippen LogP contribution is 2.45. The van der Waals surface area contributed by atoms with Gasteiger partial charge in [-0.1, -0.05) is 18.2 Å². The van der Waals surface area contributed by atoms with Crippen molar-refractivity contribution in [3.63, 3.8) is 0 Å². The number of esters is 1. The van der Waals surface area contributed by atoms with Gasteiger partial charge in [-0.3, -0.25) is 23.2 Å². The molecule has 1 saturated heterocycles. The van der Waals surface area contributed by atoms with Gasteiger partial charge in [0.05, 0.1) is 5.92 Å². The Hall–Kier alpha value is -4.67. The molecule has 0 radical (unpaired) electrons. The molecule has 21 heteroatoms. The number of piperidine rings is 1. The Bertz CT molecular complexity index is 2570. The molecule has 0 bridgehead atoms. The first-order valence-corrected chi connectivity index (χ1v) is 18.7. The Morgan fingerprint density at radius 2 is 1.12 bits per heavy atom. The lowest BCUT2D eigenvalue weighted by Crippen LogP contribution is -2.43. The Morgan fingerprint density at radius 3 is 1.59 bits per heavy atom. The van der Waals surface area contributed by atoms with Gasteiger partial charge in [0.2, 0.25) is 17.4 Å². The van der Waals surface area contributed by atoms with Crippen molar-refractivity contribution in [3.8, 4) is 11.5 Å². The highest BCUT2D eigenvalue weighted by Gasteiger charge is 2.32. The van der Waals surface area contributed by atoms with Crippen molar-refractivity contribution in [1.82, 2.24) is 4.90 Å². The van der Waals surface area contributed by atoms with Crippen LogP contribution >= 0.6 is 0 Å². The third-order valence-electron chi connectivity index (χ3n) is 8.39. The van der Waals surface area contributed by atoms with Crippen LogP contribution in [-0.2, 0) is 39.9 Å². The number of hydrogen-bond acceptors (Lipinski definition) is 10. The van der Waals surface area contributed by atoms with Gasteiger partial charge in [0.25, 0.3) is 36.3 Å². The van der Waals surface area contributed by atoms with Gasteiger partial charge in [-0.05, 0) is 25.0 Å². The van der Waals surface area contributed by atoms with Gasteiger partial charge >= 0.3 is 5.97 Å². The summed E-state index contributed by atoms with van der Waals surface area (Å²) in [7, 11) is -15.4. The van der Waals surface area contributed by atoms with E-state index in [1.54, 1.807) is 0 Å². The monoisotopic (exact) mass is 775 g/mol. The molecule has 1 heterocycles. The third kappa shape index (κ3) is 6.51. The van der Waals surface area contributed by atoms with Crippen LogP contribution in [-0.4, -0.2) is 75.4 Å². The minimum atomic E-state index is -5.14. The molecule has 6 rings (SSSR count). The summed E-state index contributed by atoms with van der Waals surface area (Å²) >= 11 is 0. The van der Waals surface area contributed by atoms with Gasteiger partial charge in [-0.15, -0.1) is 0 Å². The van der Waals surface area contributed by atoms with Crippen LogP contribution in [0.4, 0.5) is 17.6 Å². The number of rotatable bonds is 8. The number of halogens is 4. The molecule has 1 amide bonds. The quantitative estimate of drug-likeness (QED) is 0.0506. The molecule has 14 nitrogen and oxygen atoms in total. The fourth-order valence-electron chi connectivity index (χ4n) is 6.05. The van der Waals surface area contributed by atoms with Gasteiger partial charge in [0.1, 0.15) is 20.4 Å². The maximum absolute atomic E-state index is 14.0. The molecule has 1 aliphatic heterocycles. The summed E-state index contributed by atoms with van der Waals surface area (Å²) in [4.78, 5) is 24.2. The molecule has 5 aromatic carbocycles. The lowest BCUT2D eigenvalue weighted by atomic mass is 9.93. The van der Waals surface area contributed by atoms with Crippen LogP contribution in [0.25, 0.3) is 32.3 Å². The molecule has 0 spiro atoms. The zero-order valence-corrected chi connectivity index (χ0v) is 27.7. The van der Waals surface area contributed by atoms with Crippen molar-refractivity contribution >= 4 is 74.5 Å². The van der Waals surface area contributed by atoms with E-state index in [0.717, 1.165) is 24.3 Å². The van der Waals surface area contributed by atoms with E-state index in [1.807, 2.05) is 0 Å². The van der Waals surface area contributed by atoms with Gasteiger partial charge in [0, 0.05) is 57.5 Å². The van der Waals surface area contributed by atoms with Crippen molar-refractivity contribution in [2.45, 2.75) is 27.5 Å². The molecule has 5 aromatic rings. The first-order chi connectivity index (χ1) is 23.7. The summed E-state index contributed by atoms with van der Waals surface area (Å²) in [5.41, 5.74) is 0. The molecule has 51 heavy (non-hydrogen) atoms. The molecule has 0 aromatic heterocycles. The number of nitrogens with zero attached hydrogens (tertiary/aromatic N) is 1. The topological polar surface area (TPSA) is 219 Å². The number of likely N-dealkylation sites (tertiary alicyclic amines) is 1. The largest absolute Gasteiger partial charge is 0.483 e. The first-order valence-electron chi connectivity index (χ1n) is 14.3. The number of carbonyl (C=O) groups is 2. The molecule has 0 unspecified atom stereocenters. The lowest BCUT2D eigenvalue weighted by Gasteiger charge is -2.31. The average molecular weight is 776 g/mol. The fraction of sp³-hybridized carbons (Fsp3) is 0.200. The highest BCUT2D eigenvalue weighted by molar-refractivity contribution is 7.87. The maximum Gasteiger partial charge on any atom is 0.314 e. The summed E-state index contributed by atoms with van der Waals surface area (Å²) in [5, 5.41) is -1.27. The summed E-state index contributed by atoms with van der Waals surface area (Å²) in [6.45, 7) is -1.04. The standard InChI is InChI=1S/C30H21F4NO13S3/c31-18-9-19(32)28(34)29(27(18)33)48-30(37)13-5-7-35(8-6-13)24(36)12-47-20-10-21(49(38,39)40)15-3-4-17-23(51(44,45)46)11-22(50(41,42)43)16-2-1-14(20)25(15)26(16)17/h1-4,9-11,13H,5-8,12H2,(H,38,39,40)(H,41,42,43)(H,44,45,46). The minimum absolute atomic E-state index is 0.00761. The second kappa shape index (κ2) is 12.5. The number of benzene rings is 5. The van der Waals surface area contributed by atoms with E-state index in [4.69, 9.17) is 4.74 Å². The molecule has 0 saturated carbocycles. The Balaban J connectivity index is 1.30. The molecule has 1 aliphatic rings. The maximum atomic E-state index is 14.0. The highest BCUT2D eigenvalue weighted by atomic mass is 32.2. The van der Waals surface area contributed by atoms with E-state index in [2.05, 4.69) is 4.74 Å². The lowest BCUT2D eigenvalue weighted by molar-refractivity contribution is -0.144. The van der Waals surface area contributed by atoms with E-state index < -0.39 is 98.5 Å². The summed E-state index contributed by atoms with van der Waals surface area (Å²) in [6, 6.07) is 5.85. The van der Waals surface area contributed by atoms with Crippen LogP contribution in [0.3, 0.4) is 0 Å². The van der Waals surface area contributed by atoms with Crippen LogP contribution in [0.2, 0.25) is 0 Å². The van der Waals surface area contributed by atoms with E-state index in [0.29, 0.717) is 6.07 Å². The fourth-order valence-corrected chi connectivity index (χ4v) is 8.25. The zero-order valence-electron chi connectivity index (χ0n) is 25.3. The smallest absolute Gasteiger partial charge is 0.314 e. The molecule has 1 fully saturated rings. The number of ether oxygens (including phenoxy) is 2. The van der Waals surface area contributed by atoms with Crippen LogP contribution in [0.15, 0.2) is 57.2 Å². The van der Waals surface area contributed by atoms with E-state index in [1.165, 1.54) is 11.0 Å². The van der Waals surface area contributed by atoms with Gasteiger partial charge < -0.3 is 14.4 Å². The second-order valence-electron chi connectivity index (χ2n) is 11.4. The number of amides is 1. The van der Waals surface area contributed by atoms with E-state index >= 15 is 0 Å². The van der Waals surface area contributed by atoms with Gasteiger partial charge in [0.15, 0.2) is 18.2 Å². The van der Waals surface area contributed by atoms with Crippen molar-refractivity contribution in [1.29, 1.82) is 0 Å². The van der Waals surface area contributed by atoms with E-state index in [9.17, 15) is 66.1 Å². The van der Waals surface area contributed by atoms with Crippen LogP contribution in [0.1, 0.15) is 12.8 Å². The van der Waals surface area contributed by atoms with Crippen LogP contribution in [0, 0.1) is 29.2 Å². The molecule has 3 N–H and O–H groups in total. The van der Waals surface area contributed by atoms with Crippen LogP contribution in [0.5, 0.6) is 11.5 Å². The molecular weight excluding hydrogens is 755 g/mol. The van der Waals surface area contributed by atoms with Crippen LogP contribution < -0.4 is 9.47 Å². The van der Waals surface area contributed by atoms with Crippen molar-refractivity contribution in [2.75, 3.05) is 19.7 Å². The van der Waals surface area contributed by atoms with E-state index in [-0.39, 0.29) is 70.1 Å². The summed E-state index contributed by atoms with van der Waals surface area (Å²) in [5.74, 6) is -12.2. The Kier molecular flexibility index (Phi) is 8.87. The second-order valence-corrected chi connectivity index (χ2v) is 15.6. The van der Waals surface area contributed by atoms with Gasteiger partial charge in [-0.25, -0.2) is 8.78 Å². The molecule has 0 atom stereocenters.